The maximum Gasteiger partial charge on any atom is 0.142 e. The molecule has 1 N–H and O–H groups in total. The monoisotopic (exact) mass is 336 g/mol. The van der Waals surface area contributed by atoms with E-state index in [0.29, 0.717) is 0 Å². The second-order valence-electron chi connectivity index (χ2n) is 4.44. The maximum atomic E-state index is 13.9. The van der Waals surface area contributed by atoms with E-state index in [1.54, 1.807) is 0 Å². The van der Waals surface area contributed by atoms with Crippen molar-refractivity contribution in [3.63, 3.8) is 0 Å². The molecule has 20 heavy (non-hydrogen) atoms. The van der Waals surface area contributed by atoms with Crippen molar-refractivity contribution in [2.24, 2.45) is 0 Å². The summed E-state index contributed by atoms with van der Waals surface area (Å²) in [6.07, 6.45) is 0. The summed E-state index contributed by atoms with van der Waals surface area (Å²) in [7, 11) is 0. The summed E-state index contributed by atoms with van der Waals surface area (Å²) in [5, 5.41) is 10.6. The predicted molar refractivity (Wildman–Crippen MR) is 76.5 cm³/mol. The van der Waals surface area contributed by atoms with Crippen molar-refractivity contribution in [3.8, 4) is 0 Å². The minimum Gasteiger partial charge on any atom is -0.381 e. The third-order valence-corrected chi connectivity index (χ3v) is 3.83. The Bertz CT molecular complexity index is 672. The van der Waals surface area contributed by atoms with Crippen LogP contribution in [0, 0.1) is 11.6 Å². The molecule has 106 valence electrons. The molecular formula is C14H9Cl3F2O. The SMILES string of the molecule is CC(O)(c1ccc(Cl)cc1F)c1cc(F)c(Cl)cc1Cl. The van der Waals surface area contributed by atoms with Gasteiger partial charge in [0, 0.05) is 21.2 Å². The van der Waals surface area contributed by atoms with Crippen LogP contribution in [0.1, 0.15) is 18.1 Å². The quantitative estimate of drug-likeness (QED) is 0.749. The summed E-state index contributed by atoms with van der Waals surface area (Å²) in [5.41, 5.74) is -1.87. The van der Waals surface area contributed by atoms with Gasteiger partial charge in [-0.15, -0.1) is 0 Å². The molecule has 0 spiro atoms. The molecule has 6 heteroatoms. The lowest BCUT2D eigenvalue weighted by molar-refractivity contribution is 0.0977. The zero-order valence-corrected chi connectivity index (χ0v) is 12.5. The van der Waals surface area contributed by atoms with Gasteiger partial charge in [0.25, 0.3) is 0 Å². The number of hydrogen-bond donors (Lipinski definition) is 1. The fourth-order valence-corrected chi connectivity index (χ4v) is 2.65. The van der Waals surface area contributed by atoms with Crippen molar-refractivity contribution in [1.29, 1.82) is 0 Å². The summed E-state index contributed by atoms with van der Waals surface area (Å²) >= 11 is 17.2. The van der Waals surface area contributed by atoms with Crippen molar-refractivity contribution in [3.05, 3.63) is 68.2 Å². The minimum absolute atomic E-state index is 0.0160. The van der Waals surface area contributed by atoms with E-state index >= 15 is 0 Å². The molecule has 0 radical (unpaired) electrons. The molecule has 1 atom stereocenters. The third kappa shape index (κ3) is 2.77. The Morgan fingerprint density at radius 1 is 0.900 bits per heavy atom. The van der Waals surface area contributed by atoms with Crippen LogP contribution in [0.5, 0.6) is 0 Å². The van der Waals surface area contributed by atoms with E-state index in [-0.39, 0.29) is 26.2 Å². The van der Waals surface area contributed by atoms with Crippen LogP contribution in [0.4, 0.5) is 8.78 Å². The van der Waals surface area contributed by atoms with Crippen LogP contribution in [-0.4, -0.2) is 5.11 Å². The van der Waals surface area contributed by atoms with Crippen LogP contribution < -0.4 is 0 Å². The van der Waals surface area contributed by atoms with E-state index in [2.05, 4.69) is 0 Å². The van der Waals surface area contributed by atoms with Crippen LogP contribution in [0.3, 0.4) is 0 Å². The van der Waals surface area contributed by atoms with Crippen molar-refractivity contribution in [2.45, 2.75) is 12.5 Å². The van der Waals surface area contributed by atoms with Gasteiger partial charge in [-0.2, -0.15) is 0 Å². The normalized spacial score (nSPS) is 14.2. The zero-order valence-electron chi connectivity index (χ0n) is 10.2. The molecule has 0 aliphatic rings. The first kappa shape index (κ1) is 15.5. The Morgan fingerprint density at radius 2 is 1.55 bits per heavy atom. The van der Waals surface area contributed by atoms with Gasteiger partial charge in [-0.05, 0) is 31.2 Å². The summed E-state index contributed by atoms with van der Waals surface area (Å²) in [6, 6.07) is 5.95. The molecule has 1 unspecified atom stereocenters. The van der Waals surface area contributed by atoms with Crippen LogP contribution in [-0.2, 0) is 5.60 Å². The average molecular weight is 338 g/mol. The Labute approximate surface area is 129 Å². The molecule has 0 saturated heterocycles. The predicted octanol–water partition coefficient (Wildman–Crippen LogP) is 5.18. The zero-order chi connectivity index (χ0) is 15.1. The Kier molecular flexibility index (Phi) is 4.26. The number of hydrogen-bond acceptors (Lipinski definition) is 1. The van der Waals surface area contributed by atoms with E-state index in [1.165, 1.54) is 19.1 Å². The van der Waals surface area contributed by atoms with E-state index in [9.17, 15) is 13.9 Å². The second kappa shape index (κ2) is 5.49. The van der Waals surface area contributed by atoms with Gasteiger partial charge in [0.1, 0.15) is 17.2 Å². The van der Waals surface area contributed by atoms with Gasteiger partial charge in [0.2, 0.25) is 0 Å². The second-order valence-corrected chi connectivity index (χ2v) is 5.69. The number of rotatable bonds is 2. The highest BCUT2D eigenvalue weighted by molar-refractivity contribution is 6.35. The van der Waals surface area contributed by atoms with Gasteiger partial charge in [0.05, 0.1) is 5.02 Å². The molecule has 0 saturated carbocycles. The van der Waals surface area contributed by atoms with E-state index < -0.39 is 17.2 Å². The highest BCUT2D eigenvalue weighted by Crippen LogP contribution is 2.37. The number of benzene rings is 2. The van der Waals surface area contributed by atoms with E-state index in [4.69, 9.17) is 34.8 Å². The summed E-state index contributed by atoms with van der Waals surface area (Å²) in [6.45, 7) is 1.31. The van der Waals surface area contributed by atoms with Gasteiger partial charge in [0.15, 0.2) is 0 Å². The van der Waals surface area contributed by atoms with Crippen molar-refractivity contribution in [1.82, 2.24) is 0 Å². The smallest absolute Gasteiger partial charge is 0.142 e. The van der Waals surface area contributed by atoms with Crippen molar-refractivity contribution >= 4 is 34.8 Å². The molecule has 2 aromatic rings. The first-order chi connectivity index (χ1) is 9.23. The van der Waals surface area contributed by atoms with E-state index in [0.717, 1.165) is 18.2 Å². The topological polar surface area (TPSA) is 20.2 Å². The molecule has 2 rings (SSSR count). The molecule has 0 aliphatic heterocycles. The minimum atomic E-state index is -1.82. The Balaban J connectivity index is 2.63. The Morgan fingerprint density at radius 3 is 2.15 bits per heavy atom. The fraction of sp³-hybridized carbons (Fsp3) is 0.143. The van der Waals surface area contributed by atoms with E-state index in [1.807, 2.05) is 0 Å². The third-order valence-electron chi connectivity index (χ3n) is 2.99. The highest BCUT2D eigenvalue weighted by atomic mass is 35.5. The molecule has 0 aliphatic carbocycles. The highest BCUT2D eigenvalue weighted by Gasteiger charge is 2.32. The van der Waals surface area contributed by atoms with Crippen LogP contribution in [0.25, 0.3) is 0 Å². The lowest BCUT2D eigenvalue weighted by Crippen LogP contribution is -2.25. The van der Waals surface area contributed by atoms with Gasteiger partial charge in [-0.25, -0.2) is 8.78 Å². The first-order valence-electron chi connectivity index (χ1n) is 5.56. The van der Waals surface area contributed by atoms with Crippen molar-refractivity contribution < 1.29 is 13.9 Å². The largest absolute Gasteiger partial charge is 0.381 e. The molecular weight excluding hydrogens is 329 g/mol. The van der Waals surface area contributed by atoms with Gasteiger partial charge >= 0.3 is 0 Å². The van der Waals surface area contributed by atoms with Gasteiger partial charge in [-0.3, -0.25) is 0 Å². The molecule has 0 amide bonds. The van der Waals surface area contributed by atoms with Crippen LogP contribution in [0.15, 0.2) is 30.3 Å². The molecule has 0 heterocycles. The molecule has 0 aromatic heterocycles. The lowest BCUT2D eigenvalue weighted by Gasteiger charge is -2.26. The van der Waals surface area contributed by atoms with Crippen LogP contribution >= 0.6 is 34.8 Å². The number of aliphatic hydroxyl groups is 1. The first-order valence-corrected chi connectivity index (χ1v) is 6.70. The van der Waals surface area contributed by atoms with Gasteiger partial charge in [-0.1, -0.05) is 40.9 Å². The molecule has 0 bridgehead atoms. The molecule has 0 fully saturated rings. The molecule has 1 nitrogen and oxygen atoms in total. The summed E-state index contributed by atoms with van der Waals surface area (Å²) in [5.74, 6) is -1.46. The van der Waals surface area contributed by atoms with Crippen molar-refractivity contribution in [2.75, 3.05) is 0 Å². The average Bonchev–Trinajstić information content (AvgIpc) is 2.33. The Hall–Kier alpha value is -0.870. The fourth-order valence-electron chi connectivity index (χ4n) is 1.92. The number of halogens is 5. The van der Waals surface area contributed by atoms with Crippen LogP contribution in [0.2, 0.25) is 15.1 Å². The summed E-state index contributed by atoms with van der Waals surface area (Å²) in [4.78, 5) is 0. The molecule has 2 aromatic carbocycles. The lowest BCUT2D eigenvalue weighted by atomic mass is 9.87. The summed E-state index contributed by atoms with van der Waals surface area (Å²) < 4.78 is 27.5. The van der Waals surface area contributed by atoms with Gasteiger partial charge < -0.3 is 5.11 Å². The standard InChI is InChI=1S/C14H9Cl3F2O/c1-14(20,8-3-2-7(15)4-12(8)18)9-5-13(19)11(17)6-10(9)16/h2-6,20H,1H3. The maximum absolute atomic E-state index is 13.9.